The molecule has 4 fully saturated rings. The fraction of sp³-hybridized carbons (Fsp3) is 0.800. The number of alkyl halides is 1. The number of hydrogen-bond donors (Lipinski definition) is 0. The van der Waals surface area contributed by atoms with Crippen molar-refractivity contribution in [3.63, 3.8) is 0 Å². The van der Waals surface area contributed by atoms with E-state index in [0.29, 0.717) is 23.3 Å². The number of hydrogen-bond acceptors (Lipinski definition) is 3. The smallest absolute Gasteiger partial charge is 0.168 e. The van der Waals surface area contributed by atoms with Crippen molar-refractivity contribution in [2.45, 2.75) is 83.8 Å². The molecule has 0 radical (unpaired) electrons. The van der Waals surface area contributed by atoms with Gasteiger partial charge in [0.25, 0.3) is 0 Å². The number of carbonyl (C=O) groups excluding carboxylic acids is 1. The van der Waals surface area contributed by atoms with Crippen LogP contribution in [0.5, 0.6) is 0 Å². The molecule has 8 atom stereocenters. The Balaban J connectivity index is 1.34. The molecule has 4 aliphatic carbocycles. The maximum Gasteiger partial charge on any atom is 0.168 e. The van der Waals surface area contributed by atoms with Crippen molar-refractivity contribution in [2.24, 2.45) is 40.9 Å². The van der Waals surface area contributed by atoms with E-state index in [2.05, 4.69) is 18.9 Å². The summed E-state index contributed by atoms with van der Waals surface area (Å²) in [7, 11) is 0. The Morgan fingerprint density at radius 1 is 1.26 bits per heavy atom. The SMILES string of the molecule is CC1CCC2(F)C(CC[C@H]3C4CCC(C(=O)Cn5cc(C#N)c(Cl)n5)C4(C)CCC32)C1. The van der Waals surface area contributed by atoms with Gasteiger partial charge in [0.1, 0.15) is 17.3 Å². The maximum atomic E-state index is 16.4. The van der Waals surface area contributed by atoms with Crippen LogP contribution in [0.1, 0.15) is 77.2 Å². The lowest BCUT2D eigenvalue weighted by atomic mass is 9.48. The molecule has 0 aromatic carbocycles. The molecule has 4 aliphatic rings. The van der Waals surface area contributed by atoms with Gasteiger partial charge >= 0.3 is 0 Å². The molecule has 4 nitrogen and oxygen atoms in total. The van der Waals surface area contributed by atoms with E-state index in [1.807, 2.05) is 6.07 Å². The van der Waals surface area contributed by atoms with E-state index in [4.69, 9.17) is 16.9 Å². The highest BCUT2D eigenvalue weighted by Crippen LogP contribution is 2.66. The van der Waals surface area contributed by atoms with Gasteiger partial charge in [0.05, 0.1) is 6.54 Å². The fourth-order valence-electron chi connectivity index (χ4n) is 8.35. The van der Waals surface area contributed by atoms with E-state index in [-0.39, 0.29) is 40.6 Å². The highest BCUT2D eigenvalue weighted by Gasteiger charge is 2.62. The summed E-state index contributed by atoms with van der Waals surface area (Å²) in [4.78, 5) is 13.3. The molecule has 0 aliphatic heterocycles. The number of carbonyl (C=O) groups is 1. The van der Waals surface area contributed by atoms with Gasteiger partial charge in [-0.05, 0) is 92.8 Å². The van der Waals surface area contributed by atoms with E-state index in [9.17, 15) is 4.79 Å². The average Bonchev–Trinajstić information content (AvgIpc) is 3.27. The first-order valence-corrected chi connectivity index (χ1v) is 12.5. The second-order valence-corrected chi connectivity index (χ2v) is 11.6. The minimum Gasteiger partial charge on any atom is -0.297 e. The lowest BCUT2D eigenvalue weighted by Crippen LogP contribution is -2.56. The zero-order valence-electron chi connectivity index (χ0n) is 18.6. The maximum absolute atomic E-state index is 16.4. The van der Waals surface area contributed by atoms with Crippen LogP contribution in [0.15, 0.2) is 6.20 Å². The number of aromatic nitrogens is 2. The Kier molecular flexibility index (Phi) is 5.24. The largest absolute Gasteiger partial charge is 0.297 e. The van der Waals surface area contributed by atoms with Crippen molar-refractivity contribution >= 4 is 17.4 Å². The van der Waals surface area contributed by atoms with E-state index < -0.39 is 5.67 Å². The third-order valence-electron chi connectivity index (χ3n) is 9.83. The van der Waals surface area contributed by atoms with Crippen LogP contribution < -0.4 is 0 Å². The number of nitrogens with zero attached hydrogens (tertiary/aromatic N) is 3. The van der Waals surface area contributed by atoms with Crippen molar-refractivity contribution in [1.29, 1.82) is 5.26 Å². The predicted molar refractivity (Wildman–Crippen MR) is 117 cm³/mol. The lowest BCUT2D eigenvalue weighted by molar-refractivity contribution is -0.146. The number of ketones is 1. The van der Waals surface area contributed by atoms with E-state index >= 15 is 4.39 Å². The first-order chi connectivity index (χ1) is 14.8. The van der Waals surface area contributed by atoms with Gasteiger partial charge in [-0.3, -0.25) is 9.48 Å². The first kappa shape index (κ1) is 21.4. The topological polar surface area (TPSA) is 58.7 Å². The zero-order valence-corrected chi connectivity index (χ0v) is 19.4. The monoisotopic (exact) mass is 445 g/mol. The van der Waals surface area contributed by atoms with Gasteiger partial charge < -0.3 is 0 Å². The first-order valence-electron chi connectivity index (χ1n) is 12.1. The van der Waals surface area contributed by atoms with Crippen molar-refractivity contribution in [1.82, 2.24) is 9.78 Å². The lowest BCUT2D eigenvalue weighted by Gasteiger charge is -2.58. The van der Waals surface area contributed by atoms with Gasteiger partial charge in [0, 0.05) is 12.1 Å². The van der Waals surface area contributed by atoms with E-state index in [0.717, 1.165) is 57.8 Å². The fourth-order valence-corrected chi connectivity index (χ4v) is 8.54. The Morgan fingerprint density at radius 3 is 2.81 bits per heavy atom. The second kappa shape index (κ2) is 7.58. The molecular formula is C25H33ClFN3O. The zero-order chi connectivity index (χ0) is 22.0. The molecule has 168 valence electrons. The van der Waals surface area contributed by atoms with E-state index in [1.165, 1.54) is 4.68 Å². The summed E-state index contributed by atoms with van der Waals surface area (Å²) < 4.78 is 17.9. The third kappa shape index (κ3) is 3.27. The molecule has 7 unspecified atom stereocenters. The minimum absolute atomic E-state index is 0.00776. The summed E-state index contributed by atoms with van der Waals surface area (Å²) in [6.45, 7) is 4.73. The van der Waals surface area contributed by atoms with Crippen LogP contribution in [0, 0.1) is 52.3 Å². The summed E-state index contributed by atoms with van der Waals surface area (Å²) in [6.07, 6.45) is 10.3. The van der Waals surface area contributed by atoms with Crippen LogP contribution in [-0.2, 0) is 11.3 Å². The Morgan fingerprint density at radius 2 is 2.06 bits per heavy atom. The third-order valence-corrected chi connectivity index (χ3v) is 10.1. The molecule has 31 heavy (non-hydrogen) atoms. The van der Waals surface area contributed by atoms with Crippen molar-refractivity contribution in [2.75, 3.05) is 0 Å². The molecule has 0 saturated heterocycles. The Hall–Kier alpha value is -1.41. The van der Waals surface area contributed by atoms with Gasteiger partial charge in [0.2, 0.25) is 0 Å². The van der Waals surface area contributed by atoms with Gasteiger partial charge in [-0.1, -0.05) is 25.4 Å². The summed E-state index contributed by atoms with van der Waals surface area (Å²) in [5.41, 5.74) is -0.714. The standard InChI is InChI=1S/C25H33ClFN3O/c1-15-7-10-25(27)17(11-15)3-4-18-19-5-6-21(24(19,2)9-8-20(18)25)22(31)14-30-13-16(12-28)23(26)29-30/h13,15,17-21H,3-11,14H2,1-2H3/t15?,17?,18-,19?,20?,21?,24?,25?/m0/s1. The Labute approximate surface area is 189 Å². The average molecular weight is 446 g/mol. The van der Waals surface area contributed by atoms with Crippen LogP contribution in [0.4, 0.5) is 4.39 Å². The van der Waals surface area contributed by atoms with Crippen molar-refractivity contribution in [3.8, 4) is 6.07 Å². The van der Waals surface area contributed by atoms with E-state index in [1.54, 1.807) is 6.20 Å². The molecule has 0 amide bonds. The number of Topliss-reactive ketones (excluding diaryl/α,β-unsaturated/α-hetero) is 1. The number of halogens is 2. The molecule has 6 heteroatoms. The van der Waals surface area contributed by atoms with Crippen molar-refractivity contribution < 1.29 is 9.18 Å². The predicted octanol–water partition coefficient (Wildman–Crippen LogP) is 5.97. The Bertz CT molecular complexity index is 924. The summed E-state index contributed by atoms with van der Waals surface area (Å²) in [6, 6.07) is 2.01. The van der Waals surface area contributed by atoms with Gasteiger partial charge in [-0.15, -0.1) is 0 Å². The normalized spacial score (nSPS) is 44.1. The molecule has 4 saturated carbocycles. The van der Waals surface area contributed by atoms with Crippen molar-refractivity contribution in [3.05, 3.63) is 16.9 Å². The molecule has 5 rings (SSSR count). The molecule has 1 aromatic rings. The molecule has 0 bridgehead atoms. The van der Waals surface area contributed by atoms with Gasteiger partial charge in [0.15, 0.2) is 10.9 Å². The molecule has 0 spiro atoms. The van der Waals surface area contributed by atoms with Gasteiger partial charge in [-0.2, -0.15) is 10.4 Å². The summed E-state index contributed by atoms with van der Waals surface area (Å²) in [5, 5.41) is 13.4. The highest BCUT2D eigenvalue weighted by atomic mass is 35.5. The van der Waals surface area contributed by atoms with Crippen LogP contribution in [0.3, 0.4) is 0 Å². The minimum atomic E-state index is -0.974. The number of fused-ring (bicyclic) bond motifs is 5. The van der Waals surface area contributed by atoms with Crippen LogP contribution in [0.2, 0.25) is 5.15 Å². The molecule has 1 heterocycles. The second-order valence-electron chi connectivity index (χ2n) is 11.2. The number of rotatable bonds is 3. The van der Waals surface area contributed by atoms with Crippen LogP contribution in [0.25, 0.3) is 0 Å². The van der Waals surface area contributed by atoms with Crippen LogP contribution >= 0.6 is 11.6 Å². The molecule has 0 N–H and O–H groups in total. The molecule has 1 aromatic heterocycles. The quantitative estimate of drug-likeness (QED) is 0.575. The summed E-state index contributed by atoms with van der Waals surface area (Å²) >= 11 is 5.98. The van der Waals surface area contributed by atoms with Gasteiger partial charge in [-0.25, -0.2) is 4.39 Å². The van der Waals surface area contributed by atoms with Crippen LogP contribution in [-0.4, -0.2) is 21.2 Å². The molecular weight excluding hydrogens is 413 g/mol. The highest BCUT2D eigenvalue weighted by molar-refractivity contribution is 6.30. The summed E-state index contributed by atoms with van der Waals surface area (Å²) in [5.74, 6) is 2.15. The number of nitriles is 1.